The number of carbonyl (C=O) groups is 1. The fourth-order valence-electron chi connectivity index (χ4n) is 2.29. The predicted octanol–water partition coefficient (Wildman–Crippen LogP) is 2.43. The molecule has 0 saturated heterocycles. The molecule has 0 aliphatic heterocycles. The zero-order chi connectivity index (χ0) is 17.8. The first-order valence-corrected chi connectivity index (χ1v) is 8.94. The molecule has 0 aliphatic carbocycles. The van der Waals surface area contributed by atoms with Gasteiger partial charge in [-0.1, -0.05) is 17.7 Å². The summed E-state index contributed by atoms with van der Waals surface area (Å²) in [5, 5.41) is 7.98. The van der Waals surface area contributed by atoms with E-state index in [1.54, 1.807) is 24.4 Å². The van der Waals surface area contributed by atoms with E-state index in [-0.39, 0.29) is 5.88 Å². The van der Waals surface area contributed by atoms with Crippen molar-refractivity contribution in [3.63, 3.8) is 0 Å². The number of amides is 1. The molecule has 3 rings (SSSR count). The van der Waals surface area contributed by atoms with Crippen molar-refractivity contribution in [1.29, 1.82) is 0 Å². The highest BCUT2D eigenvalue weighted by Gasteiger charge is 2.17. The fourth-order valence-corrected chi connectivity index (χ4v) is 3.62. The summed E-state index contributed by atoms with van der Waals surface area (Å²) in [5.74, 6) is 0.200. The van der Waals surface area contributed by atoms with Gasteiger partial charge in [0.1, 0.15) is 17.6 Å². The Morgan fingerprint density at radius 1 is 1.44 bits per heavy atom. The van der Waals surface area contributed by atoms with Gasteiger partial charge in [-0.2, -0.15) is 5.10 Å². The van der Waals surface area contributed by atoms with Crippen LogP contribution in [0.4, 0.5) is 5.69 Å². The number of carbonyl (C=O) groups excluding carboxylic acids is 1. The van der Waals surface area contributed by atoms with Crippen LogP contribution in [0.5, 0.6) is 5.88 Å². The summed E-state index contributed by atoms with van der Waals surface area (Å²) in [6.45, 7) is 0.699. The Morgan fingerprint density at radius 3 is 3.04 bits per heavy atom. The van der Waals surface area contributed by atoms with E-state index < -0.39 is 11.0 Å². The summed E-state index contributed by atoms with van der Waals surface area (Å²) in [6.07, 6.45) is 3.67. The minimum absolute atomic E-state index is 0.200. The molecule has 1 unspecified atom stereocenters. The van der Waals surface area contributed by atoms with Gasteiger partial charge in [0.25, 0.3) is 5.88 Å². The summed E-state index contributed by atoms with van der Waals surface area (Å²) in [5.41, 5.74) is 1.14. The average molecular weight is 402 g/mol. The van der Waals surface area contributed by atoms with E-state index in [4.69, 9.17) is 27.8 Å². The molecule has 0 bridgehead atoms. The Labute approximate surface area is 155 Å². The SMILES string of the molecule is O=CNCCn1ncc(NS(=O)c2c[nH]c3cc(Cl)ccc23)c1OCl. The molecule has 0 fully saturated rings. The molecule has 3 aromatic rings. The van der Waals surface area contributed by atoms with Crippen LogP contribution in [0, 0.1) is 0 Å². The molecule has 25 heavy (non-hydrogen) atoms. The number of aromatic nitrogens is 3. The number of anilines is 1. The molecule has 3 N–H and O–H groups in total. The quantitative estimate of drug-likeness (QED) is 0.398. The Hall–Kier alpha value is -2.23. The Kier molecular flexibility index (Phi) is 5.47. The van der Waals surface area contributed by atoms with Gasteiger partial charge in [-0.05, 0) is 12.1 Å². The van der Waals surface area contributed by atoms with Crippen LogP contribution in [0.25, 0.3) is 10.9 Å². The molecule has 0 saturated carbocycles. The normalized spacial score (nSPS) is 12.1. The van der Waals surface area contributed by atoms with E-state index in [1.807, 2.05) is 0 Å². The van der Waals surface area contributed by atoms with Crippen molar-refractivity contribution < 1.29 is 13.3 Å². The summed E-state index contributed by atoms with van der Waals surface area (Å²) in [4.78, 5) is 13.9. The molecule has 2 aromatic heterocycles. The van der Waals surface area contributed by atoms with Gasteiger partial charge in [-0.25, -0.2) is 8.89 Å². The number of rotatable bonds is 8. The number of halogens is 2. The number of fused-ring (bicyclic) bond motifs is 1. The van der Waals surface area contributed by atoms with Crippen LogP contribution in [0.2, 0.25) is 5.02 Å². The summed E-state index contributed by atoms with van der Waals surface area (Å²) < 4.78 is 21.7. The van der Waals surface area contributed by atoms with Crippen molar-refractivity contribution >= 4 is 57.5 Å². The molecule has 132 valence electrons. The van der Waals surface area contributed by atoms with Gasteiger partial charge in [0, 0.05) is 28.7 Å². The lowest BCUT2D eigenvalue weighted by atomic mass is 10.2. The molecule has 2 heterocycles. The molecule has 0 aliphatic rings. The predicted molar refractivity (Wildman–Crippen MR) is 96.1 cm³/mol. The number of hydrogen-bond donors (Lipinski definition) is 3. The van der Waals surface area contributed by atoms with Crippen LogP contribution in [-0.2, 0) is 22.3 Å². The Bertz CT molecular complexity index is 926. The number of H-pyrrole nitrogens is 1. The van der Waals surface area contributed by atoms with E-state index in [9.17, 15) is 9.00 Å². The number of benzene rings is 1. The molecular formula is C14H13Cl2N5O3S. The molecule has 0 spiro atoms. The maximum absolute atomic E-state index is 12.7. The fraction of sp³-hybridized carbons (Fsp3) is 0.143. The van der Waals surface area contributed by atoms with Crippen LogP contribution in [0.15, 0.2) is 35.5 Å². The third-order valence-corrected chi connectivity index (χ3v) is 4.95. The second kappa shape index (κ2) is 7.77. The van der Waals surface area contributed by atoms with Gasteiger partial charge in [-0.15, -0.1) is 0 Å². The van der Waals surface area contributed by atoms with Crippen molar-refractivity contribution in [1.82, 2.24) is 20.1 Å². The standard InChI is InChI=1S/C14H13Cl2N5O3S/c15-9-1-2-10-11(5-9)18-7-13(10)25(23)20-12-6-19-21(14(12)24-16)4-3-17-8-22/h1-2,5-8,18,20H,3-4H2,(H,17,22). The Balaban J connectivity index is 1.81. The number of aromatic amines is 1. The van der Waals surface area contributed by atoms with Gasteiger partial charge in [0.15, 0.2) is 11.0 Å². The maximum Gasteiger partial charge on any atom is 0.259 e. The highest BCUT2D eigenvalue weighted by atomic mass is 35.5. The first kappa shape index (κ1) is 17.6. The van der Waals surface area contributed by atoms with Crippen LogP contribution in [0.1, 0.15) is 0 Å². The molecule has 1 atom stereocenters. The molecule has 8 nitrogen and oxygen atoms in total. The third-order valence-electron chi connectivity index (χ3n) is 3.42. The molecule has 11 heteroatoms. The monoisotopic (exact) mass is 401 g/mol. The first-order valence-electron chi connectivity index (χ1n) is 7.10. The lowest BCUT2D eigenvalue weighted by molar-refractivity contribution is -0.109. The minimum atomic E-state index is -1.58. The smallest absolute Gasteiger partial charge is 0.259 e. The Morgan fingerprint density at radius 2 is 2.28 bits per heavy atom. The minimum Gasteiger partial charge on any atom is -0.363 e. The third kappa shape index (κ3) is 3.73. The largest absolute Gasteiger partial charge is 0.363 e. The van der Waals surface area contributed by atoms with Gasteiger partial charge in [-0.3, -0.25) is 9.52 Å². The highest BCUT2D eigenvalue weighted by molar-refractivity contribution is 7.86. The van der Waals surface area contributed by atoms with Crippen LogP contribution < -0.4 is 14.3 Å². The van der Waals surface area contributed by atoms with Gasteiger partial charge in [0.2, 0.25) is 6.41 Å². The van der Waals surface area contributed by atoms with Crippen LogP contribution >= 0.6 is 23.5 Å². The lowest BCUT2D eigenvalue weighted by Gasteiger charge is -2.07. The maximum atomic E-state index is 12.7. The van der Waals surface area contributed by atoms with E-state index >= 15 is 0 Å². The van der Waals surface area contributed by atoms with Crippen molar-refractivity contribution in [3.05, 3.63) is 35.6 Å². The summed E-state index contributed by atoms with van der Waals surface area (Å²) in [7, 11) is -1.58. The van der Waals surface area contributed by atoms with Gasteiger partial charge >= 0.3 is 0 Å². The molecule has 1 aromatic carbocycles. The van der Waals surface area contributed by atoms with E-state index in [2.05, 4.69) is 20.1 Å². The zero-order valence-corrected chi connectivity index (χ0v) is 15.0. The topological polar surface area (TPSA) is 101 Å². The van der Waals surface area contributed by atoms with Crippen molar-refractivity contribution in [2.45, 2.75) is 11.4 Å². The van der Waals surface area contributed by atoms with Gasteiger partial charge < -0.3 is 14.6 Å². The number of nitrogens with one attached hydrogen (secondary N) is 3. The number of hydrogen-bond acceptors (Lipinski definition) is 4. The highest BCUT2D eigenvalue weighted by Crippen LogP contribution is 2.29. The first-order chi connectivity index (χ1) is 12.1. The second-order valence-electron chi connectivity index (χ2n) is 4.95. The lowest BCUT2D eigenvalue weighted by Crippen LogP contribution is -2.18. The summed E-state index contributed by atoms with van der Waals surface area (Å²) >= 11 is 11.5. The van der Waals surface area contributed by atoms with E-state index in [0.717, 1.165) is 10.9 Å². The zero-order valence-electron chi connectivity index (χ0n) is 12.7. The summed E-state index contributed by atoms with van der Waals surface area (Å²) in [6, 6.07) is 5.27. The van der Waals surface area contributed by atoms with Crippen LogP contribution in [-0.4, -0.2) is 31.9 Å². The van der Waals surface area contributed by atoms with Crippen molar-refractivity contribution in [2.24, 2.45) is 0 Å². The van der Waals surface area contributed by atoms with Crippen molar-refractivity contribution in [3.8, 4) is 5.88 Å². The van der Waals surface area contributed by atoms with Crippen molar-refractivity contribution in [2.75, 3.05) is 11.3 Å². The van der Waals surface area contributed by atoms with E-state index in [1.165, 1.54) is 10.9 Å². The average Bonchev–Trinajstić information content (AvgIpc) is 3.18. The number of nitrogens with zero attached hydrogens (tertiary/aromatic N) is 2. The molecular weight excluding hydrogens is 389 g/mol. The molecule has 0 radical (unpaired) electrons. The second-order valence-corrected chi connectivity index (χ2v) is 6.72. The van der Waals surface area contributed by atoms with Gasteiger partial charge in [0.05, 0.1) is 17.6 Å². The molecule has 1 amide bonds. The van der Waals surface area contributed by atoms with Crippen LogP contribution in [0.3, 0.4) is 0 Å². The van der Waals surface area contributed by atoms with E-state index in [0.29, 0.717) is 35.1 Å².